The number of nitrogens with two attached hydrogens (primary N) is 2. The molecule has 1 aromatic carbocycles. The van der Waals surface area contributed by atoms with E-state index in [0.29, 0.717) is 37.1 Å². The van der Waals surface area contributed by atoms with Gasteiger partial charge in [-0.1, -0.05) is 71.9 Å². The molecule has 2 aromatic rings. The quantitative estimate of drug-likeness (QED) is 0.0419. The van der Waals surface area contributed by atoms with Gasteiger partial charge < -0.3 is 46.5 Å². The molecule has 0 saturated carbocycles. The van der Waals surface area contributed by atoms with Crippen LogP contribution >= 0.6 is 11.3 Å². The lowest BCUT2D eigenvalue weighted by Crippen LogP contribution is -2.45. The highest BCUT2D eigenvalue weighted by atomic mass is 32.1. The number of amides is 2. The third-order valence-electron chi connectivity index (χ3n) is 10.4. The van der Waals surface area contributed by atoms with E-state index in [2.05, 4.69) is 66.7 Å². The largest absolute Gasteiger partial charge is 0.481 e. The molecule has 7 N–H and O–H groups in total. The second-order valence-corrected chi connectivity index (χ2v) is 17.3. The number of nitrogens with zero attached hydrogens (tertiary/aromatic N) is 3. The fraction of sp³-hybridized carbons (Fsp3) is 0.696. The average molecular weight is 876 g/mol. The van der Waals surface area contributed by atoms with Crippen LogP contribution in [0.3, 0.4) is 0 Å². The molecule has 3 rings (SSSR count). The molecule has 3 unspecified atom stereocenters. The molecule has 0 radical (unpaired) electrons. The topological polar surface area (TPSA) is 210 Å². The summed E-state index contributed by atoms with van der Waals surface area (Å²) >= 11 is 1.24. The number of carboxylic acid groups (broad SMARTS) is 1. The Morgan fingerprint density at radius 1 is 1.02 bits per heavy atom. The van der Waals surface area contributed by atoms with Gasteiger partial charge >= 0.3 is 11.9 Å². The molecule has 1 aliphatic rings. The van der Waals surface area contributed by atoms with Crippen molar-refractivity contribution in [2.75, 3.05) is 52.6 Å². The van der Waals surface area contributed by atoms with Crippen LogP contribution in [0.15, 0.2) is 29.6 Å². The average Bonchev–Trinajstić information content (AvgIpc) is 3.74. The number of esters is 1. The number of benzene rings is 1. The number of hydrogen-bond acceptors (Lipinski definition) is 12. The number of unbranched alkanes of at least 4 members (excludes halogenated alkanes) is 4. The van der Waals surface area contributed by atoms with Crippen molar-refractivity contribution in [2.45, 2.75) is 150 Å². The lowest BCUT2D eigenvalue weighted by atomic mass is 9.84. The molecule has 2 heterocycles. The highest BCUT2D eigenvalue weighted by molar-refractivity contribution is 7.09. The fourth-order valence-corrected chi connectivity index (χ4v) is 7.69. The molecule has 2 amide bonds. The summed E-state index contributed by atoms with van der Waals surface area (Å²) in [7, 11) is 5.53. The standard InChI is InChI=1S/C37H58N4O6S.C6H13N.C2H5NO.CH5N/c1-9-11-13-14-20-41(33(43)15-12-10-2)31(25(3)4)22-32(47-26(5)42)35-40-30(24-48-35)34(44)39-29(23-37(6,7)36(45)46)21-27-16-18-28(38-8)19-17-27;1-7-5-3-2-4-6-7;3-1-2-4;1-2/h16-19,24-25,29,31-32,38H,9-15,20-23H2,1-8H3,(H,39,44)(H,45,46);2-6H2,1H3;2H,1,3H2;2H2,1H3. The van der Waals surface area contributed by atoms with Gasteiger partial charge in [0.25, 0.3) is 5.91 Å². The first-order valence-corrected chi connectivity index (χ1v) is 23.0. The van der Waals surface area contributed by atoms with Gasteiger partial charge in [-0.25, -0.2) is 4.98 Å². The van der Waals surface area contributed by atoms with Crippen molar-refractivity contribution in [3.8, 4) is 0 Å². The predicted molar refractivity (Wildman–Crippen MR) is 249 cm³/mol. The third kappa shape index (κ3) is 23.8. The first-order valence-electron chi connectivity index (χ1n) is 22.2. The summed E-state index contributed by atoms with van der Waals surface area (Å²) in [5.41, 5.74) is 10.2. The third-order valence-corrected chi connectivity index (χ3v) is 11.3. The predicted octanol–water partition coefficient (Wildman–Crippen LogP) is 7.47. The number of likely N-dealkylation sites (tertiary alicyclic amines) is 1. The first-order chi connectivity index (χ1) is 29.0. The molecule has 1 aliphatic heterocycles. The number of thiazole rings is 1. The van der Waals surface area contributed by atoms with Crippen LogP contribution in [0.2, 0.25) is 0 Å². The van der Waals surface area contributed by atoms with Gasteiger partial charge in [-0.2, -0.15) is 0 Å². The molecular formula is C46H81N7O7S. The molecule has 0 spiro atoms. The minimum Gasteiger partial charge on any atom is -0.481 e. The Bertz CT molecular complexity index is 1510. The number of rotatable bonds is 23. The van der Waals surface area contributed by atoms with E-state index < -0.39 is 35.4 Å². The Morgan fingerprint density at radius 3 is 2.10 bits per heavy atom. The number of piperidine rings is 1. The Kier molecular flexibility index (Phi) is 30.6. The number of carbonyl (C=O) groups is 5. The maximum absolute atomic E-state index is 13.6. The number of ether oxygens (including phenoxy) is 1. The van der Waals surface area contributed by atoms with Crippen molar-refractivity contribution >= 4 is 47.1 Å². The van der Waals surface area contributed by atoms with Crippen molar-refractivity contribution in [3.05, 3.63) is 45.9 Å². The van der Waals surface area contributed by atoms with Gasteiger partial charge in [0.15, 0.2) is 6.10 Å². The molecule has 61 heavy (non-hydrogen) atoms. The van der Waals surface area contributed by atoms with Gasteiger partial charge in [-0.05, 0) is 103 Å². The highest BCUT2D eigenvalue weighted by Crippen LogP contribution is 2.32. The van der Waals surface area contributed by atoms with Crippen LogP contribution in [-0.2, 0) is 30.3 Å². The van der Waals surface area contributed by atoms with Crippen LogP contribution in [0.25, 0.3) is 0 Å². The number of aromatic nitrogens is 1. The Balaban J connectivity index is 0.00000238. The van der Waals surface area contributed by atoms with Crippen molar-refractivity contribution in [3.63, 3.8) is 0 Å². The van der Waals surface area contributed by atoms with Crippen LogP contribution in [0.1, 0.15) is 153 Å². The molecule has 0 aliphatic carbocycles. The molecular weight excluding hydrogens is 795 g/mol. The van der Waals surface area contributed by atoms with Crippen molar-refractivity contribution in [2.24, 2.45) is 22.8 Å². The number of carbonyl (C=O) groups excluding carboxylic acids is 4. The van der Waals surface area contributed by atoms with Crippen LogP contribution < -0.4 is 22.1 Å². The highest BCUT2D eigenvalue weighted by Gasteiger charge is 2.34. The molecule has 1 saturated heterocycles. The van der Waals surface area contributed by atoms with Crippen LogP contribution in [0.5, 0.6) is 0 Å². The van der Waals surface area contributed by atoms with Gasteiger partial charge in [-0.15, -0.1) is 11.3 Å². The fourth-order valence-electron chi connectivity index (χ4n) is 6.86. The molecule has 15 heteroatoms. The molecule has 3 atom stereocenters. The number of aliphatic carboxylic acids is 1. The SMILES string of the molecule is CCCCCCN(C(=O)CCCC)C(CC(OC(C)=O)c1nc(C(=O)NC(Cc2ccc(NC)cc2)CC(C)(C)C(=O)O)cs1)C(C)C.CN.CN1CCCCC1.NCC=O. The molecule has 1 aromatic heterocycles. The van der Waals surface area contributed by atoms with Crippen LogP contribution in [-0.4, -0.2) is 109 Å². The van der Waals surface area contributed by atoms with Gasteiger partial charge in [0.2, 0.25) is 5.91 Å². The summed E-state index contributed by atoms with van der Waals surface area (Å²) in [5, 5.41) is 18.0. The van der Waals surface area contributed by atoms with E-state index in [1.165, 1.54) is 57.7 Å². The number of aldehydes is 1. The molecule has 14 nitrogen and oxygen atoms in total. The van der Waals surface area contributed by atoms with Crippen molar-refractivity contribution in [1.82, 2.24) is 20.1 Å². The Morgan fingerprint density at radius 2 is 1.62 bits per heavy atom. The molecule has 0 bridgehead atoms. The summed E-state index contributed by atoms with van der Waals surface area (Å²) in [4.78, 5) is 69.4. The van der Waals surface area contributed by atoms with Crippen LogP contribution in [0, 0.1) is 11.3 Å². The van der Waals surface area contributed by atoms with Crippen molar-refractivity contribution < 1.29 is 33.8 Å². The summed E-state index contributed by atoms with van der Waals surface area (Å²) in [5.74, 6) is -1.62. The van der Waals surface area contributed by atoms with E-state index in [4.69, 9.17) is 9.53 Å². The van der Waals surface area contributed by atoms with Crippen molar-refractivity contribution in [1.29, 1.82) is 0 Å². The van der Waals surface area contributed by atoms with Gasteiger partial charge in [0.05, 0.1) is 5.41 Å². The van der Waals surface area contributed by atoms with E-state index in [-0.39, 0.29) is 36.5 Å². The zero-order valence-electron chi connectivity index (χ0n) is 39.1. The van der Waals surface area contributed by atoms with Gasteiger partial charge in [-0.3, -0.25) is 19.2 Å². The van der Waals surface area contributed by atoms with Crippen LogP contribution in [0.4, 0.5) is 5.69 Å². The maximum Gasteiger partial charge on any atom is 0.309 e. The van der Waals surface area contributed by atoms with E-state index in [1.54, 1.807) is 19.2 Å². The lowest BCUT2D eigenvalue weighted by molar-refractivity contribution is -0.149. The maximum atomic E-state index is 13.6. The number of hydrogen-bond donors (Lipinski definition) is 5. The van der Waals surface area contributed by atoms with Gasteiger partial charge in [0.1, 0.15) is 17.0 Å². The van der Waals surface area contributed by atoms with E-state index >= 15 is 0 Å². The second-order valence-electron chi connectivity index (χ2n) is 16.4. The second kappa shape index (κ2) is 32.7. The summed E-state index contributed by atoms with van der Waals surface area (Å²) < 4.78 is 5.80. The smallest absolute Gasteiger partial charge is 0.309 e. The van der Waals surface area contributed by atoms with E-state index in [1.807, 2.05) is 36.2 Å². The summed E-state index contributed by atoms with van der Waals surface area (Å²) in [6.07, 6.45) is 11.6. The normalized spacial score (nSPS) is 14.0. The summed E-state index contributed by atoms with van der Waals surface area (Å²) in [6.45, 7) is 16.5. The van der Waals surface area contributed by atoms with Gasteiger partial charge in [0, 0.05) is 63.1 Å². The Hall–Kier alpha value is -3.92. The number of nitrogens with one attached hydrogen (secondary N) is 2. The minimum atomic E-state index is -1.07. The zero-order valence-corrected chi connectivity index (χ0v) is 39.9. The number of anilines is 1. The van der Waals surface area contributed by atoms with E-state index in [9.17, 15) is 24.3 Å². The Labute approximate surface area is 371 Å². The first kappa shape index (κ1) is 57.1. The number of carboxylic acids is 1. The monoisotopic (exact) mass is 876 g/mol. The lowest BCUT2D eigenvalue weighted by Gasteiger charge is -2.36. The molecule has 348 valence electrons. The van der Waals surface area contributed by atoms with E-state index in [0.717, 1.165) is 49.8 Å². The zero-order chi connectivity index (χ0) is 46.4. The summed E-state index contributed by atoms with van der Waals surface area (Å²) in [6, 6.07) is 7.13. The minimum absolute atomic E-state index is 0.100. The molecule has 1 fully saturated rings.